The molecule has 1 aliphatic carbocycles. The molecule has 2 rings (SSSR count). The molecule has 0 aromatic heterocycles. The van der Waals surface area contributed by atoms with E-state index >= 15 is 0 Å². The molecule has 1 N–H and O–H groups in total. The van der Waals surface area contributed by atoms with Crippen molar-refractivity contribution in [3.8, 4) is 0 Å². The molecule has 0 spiro atoms. The van der Waals surface area contributed by atoms with Crippen LogP contribution in [-0.4, -0.2) is 25.8 Å². The van der Waals surface area contributed by atoms with Crippen LogP contribution in [0.4, 0.5) is 0 Å². The first-order chi connectivity index (χ1) is 6.95. The van der Waals surface area contributed by atoms with Crippen LogP contribution in [0, 0.1) is 5.92 Å². The third kappa shape index (κ3) is 3.25. The molecule has 1 saturated heterocycles. The highest BCUT2D eigenvalue weighted by atomic mass is 16.5. The highest BCUT2D eigenvalue weighted by Gasteiger charge is 2.16. The molecule has 2 fully saturated rings. The van der Waals surface area contributed by atoms with Crippen molar-refractivity contribution < 1.29 is 4.74 Å². The summed E-state index contributed by atoms with van der Waals surface area (Å²) in [5, 5.41) is 3.69. The van der Waals surface area contributed by atoms with Gasteiger partial charge in [0.15, 0.2) is 0 Å². The van der Waals surface area contributed by atoms with E-state index in [4.69, 9.17) is 4.74 Å². The van der Waals surface area contributed by atoms with Crippen molar-refractivity contribution in [2.75, 3.05) is 19.8 Å². The van der Waals surface area contributed by atoms with E-state index in [1.54, 1.807) is 0 Å². The minimum absolute atomic E-state index is 0.825. The Balaban J connectivity index is 1.52. The van der Waals surface area contributed by atoms with Gasteiger partial charge in [0.2, 0.25) is 0 Å². The molecular formula is C12H23NO. The van der Waals surface area contributed by atoms with Crippen LogP contribution in [0.3, 0.4) is 0 Å². The van der Waals surface area contributed by atoms with Gasteiger partial charge >= 0.3 is 0 Å². The summed E-state index contributed by atoms with van der Waals surface area (Å²) in [7, 11) is 0. The van der Waals surface area contributed by atoms with Gasteiger partial charge in [-0.05, 0) is 38.1 Å². The maximum atomic E-state index is 5.37. The summed E-state index contributed by atoms with van der Waals surface area (Å²) in [5.74, 6) is 0.839. The van der Waals surface area contributed by atoms with Crippen LogP contribution in [0.5, 0.6) is 0 Å². The van der Waals surface area contributed by atoms with Gasteiger partial charge in [-0.1, -0.05) is 19.3 Å². The van der Waals surface area contributed by atoms with Gasteiger partial charge in [-0.25, -0.2) is 0 Å². The third-order valence-corrected chi connectivity index (χ3v) is 3.61. The van der Waals surface area contributed by atoms with Crippen molar-refractivity contribution in [2.45, 2.75) is 51.0 Å². The lowest BCUT2D eigenvalue weighted by Crippen LogP contribution is -2.32. The Hall–Kier alpha value is -0.0800. The molecule has 2 aliphatic rings. The minimum atomic E-state index is 0.825. The van der Waals surface area contributed by atoms with Gasteiger partial charge in [0.05, 0.1) is 0 Å². The molecule has 2 heteroatoms. The van der Waals surface area contributed by atoms with Crippen molar-refractivity contribution >= 4 is 0 Å². The number of ether oxygens (including phenoxy) is 1. The second kappa shape index (κ2) is 5.72. The van der Waals surface area contributed by atoms with Gasteiger partial charge in [-0.15, -0.1) is 0 Å². The predicted molar refractivity (Wildman–Crippen MR) is 58.4 cm³/mol. The van der Waals surface area contributed by atoms with Crippen LogP contribution in [0.15, 0.2) is 0 Å². The molecule has 0 radical (unpaired) electrons. The van der Waals surface area contributed by atoms with Crippen molar-refractivity contribution in [3.05, 3.63) is 0 Å². The first-order valence-corrected chi connectivity index (χ1v) is 6.26. The first-order valence-electron chi connectivity index (χ1n) is 6.26. The number of rotatable bonds is 4. The Morgan fingerprint density at radius 2 is 1.93 bits per heavy atom. The number of hydrogen-bond donors (Lipinski definition) is 1. The van der Waals surface area contributed by atoms with Crippen LogP contribution in [0.25, 0.3) is 0 Å². The zero-order chi connectivity index (χ0) is 9.64. The fourth-order valence-corrected chi connectivity index (χ4v) is 2.61. The Kier molecular flexibility index (Phi) is 4.26. The van der Waals surface area contributed by atoms with E-state index in [0.29, 0.717) is 0 Å². The maximum absolute atomic E-state index is 5.37. The van der Waals surface area contributed by atoms with Crippen molar-refractivity contribution in [1.29, 1.82) is 0 Å². The monoisotopic (exact) mass is 197 g/mol. The number of nitrogens with one attached hydrogen (secondary N) is 1. The summed E-state index contributed by atoms with van der Waals surface area (Å²) in [6.07, 6.45) is 9.73. The molecule has 1 unspecified atom stereocenters. The zero-order valence-electron chi connectivity index (χ0n) is 9.13. The maximum Gasteiger partial charge on any atom is 0.0495 e. The van der Waals surface area contributed by atoms with Gasteiger partial charge in [-0.2, -0.15) is 0 Å². The molecule has 0 aromatic rings. The summed E-state index contributed by atoms with van der Waals surface area (Å²) in [5.41, 5.74) is 0. The Morgan fingerprint density at radius 3 is 2.64 bits per heavy atom. The van der Waals surface area contributed by atoms with E-state index in [1.165, 1.54) is 51.5 Å². The summed E-state index contributed by atoms with van der Waals surface area (Å²) in [4.78, 5) is 0. The van der Waals surface area contributed by atoms with Crippen LogP contribution in [0.2, 0.25) is 0 Å². The smallest absolute Gasteiger partial charge is 0.0495 e. The van der Waals surface area contributed by atoms with E-state index in [1.807, 2.05) is 0 Å². The van der Waals surface area contributed by atoms with E-state index in [0.717, 1.165) is 25.2 Å². The molecular weight excluding hydrogens is 174 g/mol. The minimum Gasteiger partial charge on any atom is -0.381 e. The van der Waals surface area contributed by atoms with Crippen molar-refractivity contribution in [3.63, 3.8) is 0 Å². The van der Waals surface area contributed by atoms with Gasteiger partial charge in [0, 0.05) is 19.3 Å². The van der Waals surface area contributed by atoms with Crippen LogP contribution in [-0.2, 0) is 4.74 Å². The molecule has 1 heterocycles. The van der Waals surface area contributed by atoms with E-state index in [2.05, 4.69) is 5.32 Å². The molecule has 2 nitrogen and oxygen atoms in total. The van der Waals surface area contributed by atoms with Gasteiger partial charge in [0.1, 0.15) is 0 Å². The lowest BCUT2D eigenvalue weighted by molar-refractivity contribution is 0.183. The highest BCUT2D eigenvalue weighted by molar-refractivity contribution is 4.73. The summed E-state index contributed by atoms with van der Waals surface area (Å²) >= 11 is 0. The SMILES string of the molecule is C1CCC(NCCC2CCOC2)CC1. The molecule has 1 aliphatic heterocycles. The molecule has 0 amide bonds. The van der Waals surface area contributed by atoms with Gasteiger partial charge < -0.3 is 10.1 Å². The van der Waals surface area contributed by atoms with Crippen LogP contribution >= 0.6 is 0 Å². The summed E-state index contributed by atoms with van der Waals surface area (Å²) < 4.78 is 5.37. The molecule has 1 atom stereocenters. The zero-order valence-corrected chi connectivity index (χ0v) is 9.13. The average molecular weight is 197 g/mol. The molecule has 82 valence electrons. The first kappa shape index (κ1) is 10.4. The number of hydrogen-bond acceptors (Lipinski definition) is 2. The molecule has 0 bridgehead atoms. The van der Waals surface area contributed by atoms with Crippen molar-refractivity contribution in [1.82, 2.24) is 5.32 Å². The Bertz CT molecular complexity index is 148. The van der Waals surface area contributed by atoms with E-state index < -0.39 is 0 Å². The Labute approximate surface area is 87.4 Å². The topological polar surface area (TPSA) is 21.3 Å². The second-order valence-corrected chi connectivity index (χ2v) is 4.81. The fourth-order valence-electron chi connectivity index (χ4n) is 2.61. The standard InChI is InChI=1S/C12H23NO/c1-2-4-12(5-3-1)13-8-6-11-7-9-14-10-11/h11-13H,1-10H2. The van der Waals surface area contributed by atoms with Crippen LogP contribution in [0.1, 0.15) is 44.9 Å². The fraction of sp³-hybridized carbons (Fsp3) is 1.00. The predicted octanol–water partition coefficient (Wildman–Crippen LogP) is 2.34. The average Bonchev–Trinajstić information content (AvgIpc) is 2.72. The highest BCUT2D eigenvalue weighted by Crippen LogP contribution is 2.19. The quantitative estimate of drug-likeness (QED) is 0.747. The van der Waals surface area contributed by atoms with Gasteiger partial charge in [-0.3, -0.25) is 0 Å². The van der Waals surface area contributed by atoms with Crippen LogP contribution < -0.4 is 5.32 Å². The van der Waals surface area contributed by atoms with E-state index in [-0.39, 0.29) is 0 Å². The molecule has 1 saturated carbocycles. The Morgan fingerprint density at radius 1 is 1.07 bits per heavy atom. The molecule has 0 aromatic carbocycles. The van der Waals surface area contributed by atoms with Crippen molar-refractivity contribution in [2.24, 2.45) is 5.92 Å². The normalized spacial score (nSPS) is 29.6. The summed E-state index contributed by atoms with van der Waals surface area (Å²) in [6, 6.07) is 0.825. The largest absolute Gasteiger partial charge is 0.381 e. The van der Waals surface area contributed by atoms with E-state index in [9.17, 15) is 0 Å². The lowest BCUT2D eigenvalue weighted by atomic mass is 9.95. The van der Waals surface area contributed by atoms with Gasteiger partial charge in [0.25, 0.3) is 0 Å². The lowest BCUT2D eigenvalue weighted by Gasteiger charge is -2.23. The second-order valence-electron chi connectivity index (χ2n) is 4.81. The molecule has 14 heavy (non-hydrogen) atoms. The summed E-state index contributed by atoms with van der Waals surface area (Å²) in [6.45, 7) is 3.21. The third-order valence-electron chi connectivity index (χ3n) is 3.61.